The van der Waals surface area contributed by atoms with Crippen LogP contribution in [0.25, 0.3) is 0 Å². The van der Waals surface area contributed by atoms with Crippen molar-refractivity contribution >= 4 is 33.5 Å². The number of anilines is 1. The van der Waals surface area contributed by atoms with Crippen molar-refractivity contribution in [2.45, 2.75) is 44.9 Å². The summed E-state index contributed by atoms with van der Waals surface area (Å²) >= 11 is 3.32. The highest BCUT2D eigenvalue weighted by Crippen LogP contribution is 2.74. The number of piperidine rings is 1. The molecule has 7 heteroatoms. The molecule has 5 rings (SSSR count). The van der Waals surface area contributed by atoms with Crippen molar-refractivity contribution in [1.82, 2.24) is 10.3 Å². The summed E-state index contributed by atoms with van der Waals surface area (Å²) in [7, 11) is 0. The number of halogens is 1. The summed E-state index contributed by atoms with van der Waals surface area (Å²) in [5, 5.41) is 6.39. The van der Waals surface area contributed by atoms with Crippen LogP contribution in [0.2, 0.25) is 0 Å². The maximum absolute atomic E-state index is 13.3. The van der Waals surface area contributed by atoms with Crippen molar-refractivity contribution < 1.29 is 14.3 Å². The molecule has 6 nitrogen and oxygen atoms in total. The number of amides is 1. The first-order valence-corrected chi connectivity index (χ1v) is 12.2. The molecule has 4 atom stereocenters. The quantitative estimate of drug-likeness (QED) is 0.483. The number of hydrogen-bond acceptors (Lipinski definition) is 5. The zero-order valence-corrected chi connectivity index (χ0v) is 18.8. The molecule has 0 unspecified atom stereocenters. The molecular formula is C23H30BrN3O3. The topological polar surface area (TPSA) is 80.3 Å². The Morgan fingerprint density at radius 2 is 1.87 bits per heavy atom. The molecule has 1 aromatic heterocycles. The van der Waals surface area contributed by atoms with Gasteiger partial charge in [0, 0.05) is 0 Å². The molecule has 2 bridgehead atoms. The van der Waals surface area contributed by atoms with Gasteiger partial charge < -0.3 is 15.4 Å². The number of hydrogen-bond donors (Lipinski definition) is 2. The molecule has 1 spiro atoms. The van der Waals surface area contributed by atoms with E-state index in [4.69, 9.17) is 4.74 Å². The van der Waals surface area contributed by atoms with Crippen LogP contribution in [-0.4, -0.2) is 36.6 Å². The minimum atomic E-state index is -0.289. The highest BCUT2D eigenvalue weighted by molar-refractivity contribution is 9.10. The van der Waals surface area contributed by atoms with Gasteiger partial charge >= 0.3 is 5.97 Å². The third-order valence-corrected chi connectivity index (χ3v) is 8.61. The molecule has 4 fully saturated rings. The molecule has 1 aliphatic heterocycles. The van der Waals surface area contributed by atoms with Gasteiger partial charge in [-0.1, -0.05) is 0 Å². The highest BCUT2D eigenvalue weighted by atomic mass is 79.9. The van der Waals surface area contributed by atoms with Crippen LogP contribution in [-0.2, 0) is 14.3 Å². The Bertz CT molecular complexity index is 804. The third-order valence-electron chi connectivity index (χ3n) is 8.15. The Hall–Kier alpha value is -1.47. The monoisotopic (exact) mass is 475 g/mol. The largest absolute Gasteiger partial charge is 0.465 e. The maximum Gasteiger partial charge on any atom is 0.310 e. The van der Waals surface area contributed by atoms with E-state index in [0.29, 0.717) is 30.0 Å². The third kappa shape index (κ3) is 3.68. The van der Waals surface area contributed by atoms with Crippen molar-refractivity contribution in [3.05, 3.63) is 22.9 Å². The first kappa shape index (κ1) is 20.4. The van der Waals surface area contributed by atoms with E-state index in [9.17, 15) is 9.59 Å². The number of pyridine rings is 1. The van der Waals surface area contributed by atoms with Crippen molar-refractivity contribution in [1.29, 1.82) is 0 Å². The van der Waals surface area contributed by atoms with Crippen molar-refractivity contribution in [2.24, 2.45) is 35.0 Å². The van der Waals surface area contributed by atoms with Crippen LogP contribution >= 0.6 is 15.9 Å². The molecule has 162 valence electrons. The van der Waals surface area contributed by atoms with E-state index < -0.39 is 0 Å². The molecule has 4 aliphatic rings. The van der Waals surface area contributed by atoms with Crippen LogP contribution in [0.4, 0.5) is 5.69 Å². The van der Waals surface area contributed by atoms with Gasteiger partial charge in [-0.25, -0.2) is 4.98 Å². The van der Waals surface area contributed by atoms with Gasteiger partial charge in [0.15, 0.2) is 0 Å². The summed E-state index contributed by atoms with van der Waals surface area (Å²) in [5.41, 5.74) is 0.896. The second kappa shape index (κ2) is 8.23. The summed E-state index contributed by atoms with van der Waals surface area (Å²) < 4.78 is 6.52. The summed E-state index contributed by atoms with van der Waals surface area (Å²) in [5.74, 6) is 0.511. The number of carbonyl (C=O) groups is 2. The summed E-state index contributed by atoms with van der Waals surface area (Å²) in [6.07, 6.45) is 9.31. The Morgan fingerprint density at radius 3 is 2.53 bits per heavy atom. The second-order valence-corrected chi connectivity index (χ2v) is 10.4. The number of nitrogens with zero attached hydrogens (tertiary/aromatic N) is 1. The normalized spacial score (nSPS) is 31.6. The number of esters is 1. The lowest BCUT2D eigenvalue weighted by Crippen LogP contribution is -2.39. The van der Waals surface area contributed by atoms with Crippen LogP contribution in [0.3, 0.4) is 0 Å². The molecule has 2 heterocycles. The average molecular weight is 476 g/mol. The first-order chi connectivity index (χ1) is 14.6. The maximum atomic E-state index is 13.3. The zero-order chi connectivity index (χ0) is 20.7. The van der Waals surface area contributed by atoms with Crippen LogP contribution in [0.15, 0.2) is 22.9 Å². The van der Waals surface area contributed by atoms with Crippen molar-refractivity contribution in [3.8, 4) is 0 Å². The average Bonchev–Trinajstić information content (AvgIpc) is 3.42. The smallest absolute Gasteiger partial charge is 0.310 e. The molecule has 3 saturated carbocycles. The fraction of sp³-hybridized carbons (Fsp3) is 0.696. The van der Waals surface area contributed by atoms with Crippen LogP contribution < -0.4 is 10.6 Å². The number of nitrogens with one attached hydrogen (secondary N) is 2. The van der Waals surface area contributed by atoms with Gasteiger partial charge in [-0.3, -0.25) is 9.59 Å². The standard InChI is InChI=1S/C23H30BrN3O3/c24-18-4-1-15(13-26-18)27-21(28)19-16-2-3-17(23(16)8-9-23)20(19)22(29)30-12-7-14-5-10-25-11-6-14/h1,4,13-14,16-17,19-20,25H,2-3,5-12H2,(H,27,28)/t16-,17+,19+,20+/m0/s1. The SMILES string of the molecule is O=C(OCCC1CCNCC1)[C@H]1[C@H](C(=O)Nc2ccc(Br)nc2)[C@@H]2CC[C@H]1C21CC1. The van der Waals surface area contributed by atoms with E-state index in [1.54, 1.807) is 6.20 Å². The van der Waals surface area contributed by atoms with Crippen molar-refractivity contribution in [3.63, 3.8) is 0 Å². The Morgan fingerprint density at radius 1 is 1.13 bits per heavy atom. The second-order valence-electron chi connectivity index (χ2n) is 9.58. The number of aromatic nitrogens is 1. The zero-order valence-electron chi connectivity index (χ0n) is 17.2. The summed E-state index contributed by atoms with van der Waals surface area (Å²) in [6, 6.07) is 3.65. The van der Waals surface area contributed by atoms with E-state index in [-0.39, 0.29) is 29.1 Å². The number of ether oxygens (including phenoxy) is 1. The molecule has 1 aromatic rings. The summed E-state index contributed by atoms with van der Waals surface area (Å²) in [6.45, 7) is 2.59. The lowest BCUT2D eigenvalue weighted by atomic mass is 9.78. The Balaban J connectivity index is 1.26. The first-order valence-electron chi connectivity index (χ1n) is 11.4. The lowest BCUT2D eigenvalue weighted by Gasteiger charge is -2.29. The number of carbonyl (C=O) groups excluding carboxylic acids is 2. The van der Waals surface area contributed by atoms with Gasteiger partial charge in [0.2, 0.25) is 5.91 Å². The minimum absolute atomic E-state index is 0.0436. The molecule has 1 saturated heterocycles. The fourth-order valence-corrected chi connectivity index (χ4v) is 6.83. The lowest BCUT2D eigenvalue weighted by molar-refractivity contribution is -0.155. The van der Waals surface area contributed by atoms with Gasteiger partial charge in [-0.05, 0) is 109 Å². The predicted octanol–water partition coefficient (Wildman–Crippen LogP) is 3.77. The molecule has 0 aromatic carbocycles. The molecular weight excluding hydrogens is 446 g/mol. The highest BCUT2D eigenvalue weighted by Gasteiger charge is 2.71. The Kier molecular flexibility index (Phi) is 5.60. The molecule has 30 heavy (non-hydrogen) atoms. The fourth-order valence-electron chi connectivity index (χ4n) is 6.59. The van der Waals surface area contributed by atoms with E-state index >= 15 is 0 Å². The molecule has 3 aliphatic carbocycles. The predicted molar refractivity (Wildman–Crippen MR) is 117 cm³/mol. The van der Waals surface area contributed by atoms with Gasteiger partial charge in [0.1, 0.15) is 4.60 Å². The van der Waals surface area contributed by atoms with E-state index in [1.165, 1.54) is 0 Å². The molecule has 1 amide bonds. The minimum Gasteiger partial charge on any atom is -0.465 e. The summed E-state index contributed by atoms with van der Waals surface area (Å²) in [4.78, 5) is 30.6. The molecule has 2 N–H and O–H groups in total. The Labute approximate surface area is 186 Å². The van der Waals surface area contributed by atoms with Crippen LogP contribution in [0.5, 0.6) is 0 Å². The van der Waals surface area contributed by atoms with Crippen molar-refractivity contribution in [2.75, 3.05) is 25.0 Å². The van der Waals surface area contributed by atoms with E-state index in [1.807, 2.05) is 12.1 Å². The van der Waals surface area contributed by atoms with E-state index in [2.05, 4.69) is 31.5 Å². The van der Waals surface area contributed by atoms with Gasteiger partial charge in [0.05, 0.1) is 30.3 Å². The van der Waals surface area contributed by atoms with Gasteiger partial charge in [-0.15, -0.1) is 0 Å². The van der Waals surface area contributed by atoms with Crippen LogP contribution in [0.1, 0.15) is 44.9 Å². The van der Waals surface area contributed by atoms with Gasteiger partial charge in [-0.2, -0.15) is 0 Å². The van der Waals surface area contributed by atoms with E-state index in [0.717, 1.165) is 62.6 Å². The molecule has 0 radical (unpaired) electrons. The number of rotatable bonds is 6. The van der Waals surface area contributed by atoms with Gasteiger partial charge in [0.25, 0.3) is 0 Å². The van der Waals surface area contributed by atoms with Crippen LogP contribution in [0, 0.1) is 35.0 Å².